The maximum Gasteiger partial charge on any atom is 0.224 e. The Balaban J connectivity index is 1.58. The Kier molecular flexibility index (Phi) is 3.81. The fraction of sp³-hybridized carbons (Fsp3) is 0.933. The van der Waals surface area contributed by atoms with E-state index in [-0.39, 0.29) is 17.9 Å². The summed E-state index contributed by atoms with van der Waals surface area (Å²) < 4.78 is 0. The molecule has 0 aromatic rings. The lowest BCUT2D eigenvalue weighted by Crippen LogP contribution is -2.50. The van der Waals surface area contributed by atoms with Crippen LogP contribution in [0.25, 0.3) is 0 Å². The van der Waals surface area contributed by atoms with E-state index < -0.39 is 0 Å². The SMILES string of the molecule is CC1CCC(N)C(C(=O)NC2CCN3CCCC23)C1. The lowest BCUT2D eigenvalue weighted by molar-refractivity contribution is -0.127. The largest absolute Gasteiger partial charge is 0.351 e. The number of nitrogens with zero attached hydrogens (tertiary/aromatic N) is 1. The predicted octanol–water partition coefficient (Wildman–Crippen LogP) is 1.10. The average Bonchev–Trinajstić information content (AvgIpc) is 2.97. The predicted molar refractivity (Wildman–Crippen MR) is 75.6 cm³/mol. The normalized spacial score (nSPS) is 43.2. The van der Waals surface area contributed by atoms with Crippen molar-refractivity contribution < 1.29 is 4.79 Å². The van der Waals surface area contributed by atoms with Crippen LogP contribution in [0.4, 0.5) is 0 Å². The zero-order valence-electron chi connectivity index (χ0n) is 12.0. The summed E-state index contributed by atoms with van der Waals surface area (Å²) in [5, 5.41) is 3.31. The van der Waals surface area contributed by atoms with Crippen LogP contribution >= 0.6 is 0 Å². The van der Waals surface area contributed by atoms with Crippen molar-refractivity contribution in [1.29, 1.82) is 0 Å². The zero-order chi connectivity index (χ0) is 13.4. The van der Waals surface area contributed by atoms with Gasteiger partial charge < -0.3 is 11.1 Å². The molecule has 1 saturated carbocycles. The summed E-state index contributed by atoms with van der Waals surface area (Å²) in [6.45, 7) is 4.61. The minimum atomic E-state index is 0.0409. The minimum Gasteiger partial charge on any atom is -0.351 e. The number of hydrogen-bond donors (Lipinski definition) is 2. The van der Waals surface area contributed by atoms with Crippen molar-refractivity contribution in [3.63, 3.8) is 0 Å². The lowest BCUT2D eigenvalue weighted by atomic mass is 9.78. The second-order valence-electron chi connectivity index (χ2n) is 6.84. The first-order chi connectivity index (χ1) is 9.15. The van der Waals surface area contributed by atoms with Crippen molar-refractivity contribution in [2.45, 2.75) is 63.6 Å². The van der Waals surface area contributed by atoms with Gasteiger partial charge in [-0.2, -0.15) is 0 Å². The van der Waals surface area contributed by atoms with Crippen LogP contribution < -0.4 is 11.1 Å². The van der Waals surface area contributed by atoms with E-state index in [2.05, 4.69) is 17.1 Å². The highest BCUT2D eigenvalue weighted by Gasteiger charge is 2.40. The van der Waals surface area contributed by atoms with Gasteiger partial charge in [0.2, 0.25) is 5.91 Å². The summed E-state index contributed by atoms with van der Waals surface area (Å²) in [6, 6.07) is 1.04. The van der Waals surface area contributed by atoms with Gasteiger partial charge in [-0.15, -0.1) is 0 Å². The first-order valence-corrected chi connectivity index (χ1v) is 7.95. The molecule has 3 N–H and O–H groups in total. The molecule has 19 heavy (non-hydrogen) atoms. The van der Waals surface area contributed by atoms with Gasteiger partial charge in [-0.1, -0.05) is 6.92 Å². The van der Waals surface area contributed by atoms with Crippen molar-refractivity contribution in [1.82, 2.24) is 10.2 Å². The van der Waals surface area contributed by atoms with Crippen molar-refractivity contribution >= 4 is 5.91 Å². The van der Waals surface area contributed by atoms with Gasteiger partial charge in [-0.05, 0) is 51.0 Å². The molecule has 4 heteroatoms. The van der Waals surface area contributed by atoms with Gasteiger partial charge in [0.1, 0.15) is 0 Å². The maximum atomic E-state index is 12.5. The van der Waals surface area contributed by atoms with E-state index in [0.717, 1.165) is 25.8 Å². The molecule has 1 amide bonds. The highest BCUT2D eigenvalue weighted by molar-refractivity contribution is 5.80. The number of rotatable bonds is 2. The molecule has 0 spiro atoms. The molecule has 2 heterocycles. The molecular formula is C15H27N3O. The topological polar surface area (TPSA) is 58.4 Å². The van der Waals surface area contributed by atoms with E-state index in [1.54, 1.807) is 0 Å². The summed E-state index contributed by atoms with van der Waals surface area (Å²) in [5.41, 5.74) is 6.15. The smallest absolute Gasteiger partial charge is 0.224 e. The van der Waals surface area contributed by atoms with Gasteiger partial charge >= 0.3 is 0 Å². The van der Waals surface area contributed by atoms with Crippen LogP contribution in [0.3, 0.4) is 0 Å². The standard InChI is InChI=1S/C15H27N3O/c1-10-4-5-12(16)11(9-10)15(19)17-13-6-8-18-7-2-3-14(13)18/h10-14H,2-9,16H2,1H3,(H,17,19). The molecule has 2 saturated heterocycles. The van der Waals surface area contributed by atoms with Crippen LogP contribution in [-0.2, 0) is 4.79 Å². The van der Waals surface area contributed by atoms with Gasteiger partial charge in [-0.25, -0.2) is 0 Å². The van der Waals surface area contributed by atoms with Crippen molar-refractivity contribution in [3.05, 3.63) is 0 Å². The number of carbonyl (C=O) groups excluding carboxylic acids is 1. The number of nitrogens with two attached hydrogens (primary N) is 1. The molecule has 3 rings (SSSR count). The van der Waals surface area contributed by atoms with Crippen LogP contribution in [0.2, 0.25) is 0 Å². The lowest BCUT2D eigenvalue weighted by Gasteiger charge is -2.33. The van der Waals surface area contributed by atoms with E-state index in [4.69, 9.17) is 5.73 Å². The molecule has 2 aliphatic heterocycles. The van der Waals surface area contributed by atoms with Gasteiger partial charge in [-0.3, -0.25) is 9.69 Å². The Morgan fingerprint density at radius 3 is 2.89 bits per heavy atom. The van der Waals surface area contributed by atoms with Crippen molar-refractivity contribution in [2.75, 3.05) is 13.1 Å². The molecule has 0 bridgehead atoms. The monoisotopic (exact) mass is 265 g/mol. The Bertz CT molecular complexity index is 346. The molecule has 108 valence electrons. The molecule has 5 atom stereocenters. The van der Waals surface area contributed by atoms with E-state index in [0.29, 0.717) is 18.0 Å². The molecule has 5 unspecified atom stereocenters. The molecule has 3 fully saturated rings. The Labute approximate surface area is 116 Å². The van der Waals surface area contributed by atoms with E-state index in [9.17, 15) is 4.79 Å². The van der Waals surface area contributed by atoms with Crippen molar-refractivity contribution in [3.8, 4) is 0 Å². The minimum absolute atomic E-state index is 0.0409. The summed E-state index contributed by atoms with van der Waals surface area (Å²) in [4.78, 5) is 15.0. The Morgan fingerprint density at radius 1 is 1.21 bits per heavy atom. The second kappa shape index (κ2) is 5.41. The fourth-order valence-corrected chi connectivity index (χ4v) is 4.25. The quantitative estimate of drug-likeness (QED) is 0.786. The van der Waals surface area contributed by atoms with Crippen LogP contribution in [-0.4, -0.2) is 42.0 Å². The summed E-state index contributed by atoms with van der Waals surface area (Å²) in [5.74, 6) is 0.902. The molecule has 0 aromatic carbocycles. The van der Waals surface area contributed by atoms with Crippen molar-refractivity contribution in [2.24, 2.45) is 17.6 Å². The Morgan fingerprint density at radius 2 is 2.05 bits per heavy atom. The van der Waals surface area contributed by atoms with E-state index >= 15 is 0 Å². The maximum absolute atomic E-state index is 12.5. The van der Waals surface area contributed by atoms with Gasteiger partial charge in [0.05, 0.1) is 5.92 Å². The number of carbonyl (C=O) groups is 1. The summed E-state index contributed by atoms with van der Waals surface area (Å²) >= 11 is 0. The average molecular weight is 265 g/mol. The fourth-order valence-electron chi connectivity index (χ4n) is 4.25. The van der Waals surface area contributed by atoms with Crippen LogP contribution in [0.5, 0.6) is 0 Å². The number of hydrogen-bond acceptors (Lipinski definition) is 3. The highest BCUT2D eigenvalue weighted by Crippen LogP contribution is 2.31. The number of fused-ring (bicyclic) bond motifs is 1. The molecule has 0 radical (unpaired) electrons. The third-order valence-electron chi connectivity index (χ3n) is 5.44. The third-order valence-corrected chi connectivity index (χ3v) is 5.44. The molecule has 1 aliphatic carbocycles. The summed E-state index contributed by atoms with van der Waals surface area (Å²) in [7, 11) is 0. The molecule has 4 nitrogen and oxygen atoms in total. The van der Waals surface area contributed by atoms with Crippen LogP contribution in [0.15, 0.2) is 0 Å². The second-order valence-corrected chi connectivity index (χ2v) is 6.84. The van der Waals surface area contributed by atoms with Gasteiger partial charge in [0.15, 0.2) is 0 Å². The molecule has 3 aliphatic rings. The molecular weight excluding hydrogens is 238 g/mol. The zero-order valence-corrected chi connectivity index (χ0v) is 12.0. The van der Waals surface area contributed by atoms with E-state index in [1.807, 2.05) is 0 Å². The first-order valence-electron chi connectivity index (χ1n) is 7.95. The first kappa shape index (κ1) is 13.4. The summed E-state index contributed by atoms with van der Waals surface area (Å²) in [6.07, 6.45) is 6.79. The molecule has 0 aromatic heterocycles. The highest BCUT2D eigenvalue weighted by atomic mass is 16.2. The van der Waals surface area contributed by atoms with Gasteiger partial charge in [0.25, 0.3) is 0 Å². The van der Waals surface area contributed by atoms with Crippen LogP contribution in [0.1, 0.15) is 45.4 Å². The Hall–Kier alpha value is -0.610. The third kappa shape index (κ3) is 2.65. The van der Waals surface area contributed by atoms with E-state index in [1.165, 1.54) is 25.8 Å². The number of nitrogens with one attached hydrogen (secondary N) is 1. The number of amides is 1. The van der Waals surface area contributed by atoms with Crippen LogP contribution in [0, 0.1) is 11.8 Å². The van der Waals surface area contributed by atoms with Gasteiger partial charge in [0, 0.05) is 24.7 Å².